The lowest BCUT2D eigenvalue weighted by Gasteiger charge is -2.50. The van der Waals surface area contributed by atoms with Gasteiger partial charge in [0.05, 0.1) is 19.1 Å². The fourth-order valence-corrected chi connectivity index (χ4v) is 4.61. The van der Waals surface area contributed by atoms with Crippen LogP contribution >= 0.6 is 23.2 Å². The van der Waals surface area contributed by atoms with Gasteiger partial charge in [0.1, 0.15) is 18.2 Å². The van der Waals surface area contributed by atoms with E-state index in [0.29, 0.717) is 21.9 Å². The zero-order chi connectivity index (χ0) is 17.4. The van der Waals surface area contributed by atoms with E-state index < -0.39 is 5.60 Å². The lowest BCUT2D eigenvalue weighted by molar-refractivity contribution is -0.936. The lowest BCUT2D eigenvalue weighted by Crippen LogP contribution is -3.00. The molecule has 1 aromatic rings. The van der Waals surface area contributed by atoms with Crippen molar-refractivity contribution in [3.05, 3.63) is 33.8 Å². The van der Waals surface area contributed by atoms with Crippen LogP contribution in [0.4, 0.5) is 0 Å². The Kier molecular flexibility index (Phi) is 7.48. The first-order valence-corrected chi connectivity index (χ1v) is 9.27. The minimum atomic E-state index is -0.631. The predicted molar refractivity (Wildman–Crippen MR) is 98.9 cm³/mol. The summed E-state index contributed by atoms with van der Waals surface area (Å²) >= 11 is 12.4. The SMILES string of the molecule is CC(C)C1CCC(C)(O)C([N+](C)(C)Cc2ccc(Cl)cc2Cl)C1.[Cl-]. The third-order valence-electron chi connectivity index (χ3n) is 5.64. The second-order valence-corrected chi connectivity index (χ2v) is 9.17. The molecular formula is C19H30Cl3NO. The first-order valence-electron chi connectivity index (χ1n) is 8.52. The van der Waals surface area contributed by atoms with Crippen molar-refractivity contribution in [2.45, 2.75) is 58.2 Å². The van der Waals surface area contributed by atoms with Gasteiger partial charge < -0.3 is 22.0 Å². The van der Waals surface area contributed by atoms with Crippen LogP contribution in [0.15, 0.2) is 18.2 Å². The molecule has 0 aromatic heterocycles. The monoisotopic (exact) mass is 393 g/mol. The number of hydrogen-bond acceptors (Lipinski definition) is 1. The summed E-state index contributed by atoms with van der Waals surface area (Å²) in [6.45, 7) is 7.37. The average molecular weight is 395 g/mol. The van der Waals surface area contributed by atoms with Crippen LogP contribution in [0.5, 0.6) is 0 Å². The number of rotatable bonds is 4. The summed E-state index contributed by atoms with van der Waals surface area (Å²) in [4.78, 5) is 0. The molecule has 1 N–H and O–H groups in total. The van der Waals surface area contributed by atoms with Gasteiger partial charge >= 0.3 is 0 Å². The van der Waals surface area contributed by atoms with Crippen molar-refractivity contribution in [1.82, 2.24) is 0 Å². The van der Waals surface area contributed by atoms with Crippen LogP contribution in [0.2, 0.25) is 10.0 Å². The van der Waals surface area contributed by atoms with E-state index in [1.807, 2.05) is 19.1 Å². The van der Waals surface area contributed by atoms with Crippen molar-refractivity contribution in [1.29, 1.82) is 0 Å². The Morgan fingerprint density at radius 1 is 1.29 bits per heavy atom. The maximum Gasteiger partial charge on any atom is 0.118 e. The molecule has 0 radical (unpaired) electrons. The Bertz CT molecular complexity index is 558. The Hall–Kier alpha value is 0.01000. The third kappa shape index (κ3) is 5.02. The smallest absolute Gasteiger partial charge is 0.118 e. The van der Waals surface area contributed by atoms with E-state index in [9.17, 15) is 5.11 Å². The van der Waals surface area contributed by atoms with E-state index >= 15 is 0 Å². The summed E-state index contributed by atoms with van der Waals surface area (Å²) in [7, 11) is 4.40. The fraction of sp³-hybridized carbons (Fsp3) is 0.684. The standard InChI is InChI=1S/C19H30Cl2NO.ClH/c1-13(2)14-8-9-19(3,23)18(10-14)22(4,5)12-15-6-7-16(20)11-17(15)21;/h6-7,11,13-14,18,23H,8-10,12H2,1-5H3;1H/q+1;/p-1. The van der Waals surface area contributed by atoms with Gasteiger partial charge in [-0.3, -0.25) is 0 Å². The van der Waals surface area contributed by atoms with Crippen molar-refractivity contribution < 1.29 is 22.0 Å². The summed E-state index contributed by atoms with van der Waals surface area (Å²) in [6.07, 6.45) is 3.04. The molecule has 0 heterocycles. The zero-order valence-corrected chi connectivity index (χ0v) is 17.6. The van der Waals surface area contributed by atoms with Crippen LogP contribution in [0.3, 0.4) is 0 Å². The van der Waals surface area contributed by atoms with Gasteiger partial charge in [0, 0.05) is 17.0 Å². The molecule has 0 bridgehead atoms. The normalized spacial score (nSPS) is 27.9. The van der Waals surface area contributed by atoms with E-state index in [1.165, 1.54) is 0 Å². The number of benzene rings is 1. The Balaban J connectivity index is 0.00000288. The van der Waals surface area contributed by atoms with Gasteiger partial charge in [0.2, 0.25) is 0 Å². The highest BCUT2D eigenvalue weighted by Crippen LogP contribution is 2.41. The number of hydrogen-bond donors (Lipinski definition) is 1. The van der Waals surface area contributed by atoms with Gasteiger partial charge in [-0.05, 0) is 43.7 Å². The van der Waals surface area contributed by atoms with Crippen molar-refractivity contribution >= 4 is 23.2 Å². The highest BCUT2D eigenvalue weighted by atomic mass is 35.5. The van der Waals surface area contributed by atoms with E-state index in [2.05, 4.69) is 27.9 Å². The van der Waals surface area contributed by atoms with Gasteiger partial charge in [-0.25, -0.2) is 0 Å². The van der Waals surface area contributed by atoms with Crippen LogP contribution in [0, 0.1) is 11.8 Å². The molecule has 1 saturated carbocycles. The molecule has 1 aliphatic carbocycles. The van der Waals surface area contributed by atoms with Crippen molar-refractivity contribution in [2.24, 2.45) is 11.8 Å². The number of halogens is 3. The molecule has 0 saturated heterocycles. The fourth-order valence-electron chi connectivity index (χ4n) is 4.15. The highest BCUT2D eigenvalue weighted by Gasteiger charge is 2.48. The molecule has 2 rings (SSSR count). The Morgan fingerprint density at radius 2 is 1.92 bits per heavy atom. The summed E-state index contributed by atoms with van der Waals surface area (Å²) < 4.78 is 0.734. The minimum absolute atomic E-state index is 0. The molecule has 1 fully saturated rings. The molecular weight excluding hydrogens is 365 g/mol. The second kappa shape index (κ2) is 8.14. The van der Waals surface area contributed by atoms with Crippen molar-refractivity contribution in [3.8, 4) is 0 Å². The molecule has 5 heteroatoms. The van der Waals surface area contributed by atoms with Crippen molar-refractivity contribution in [3.63, 3.8) is 0 Å². The van der Waals surface area contributed by atoms with E-state index in [1.54, 1.807) is 6.07 Å². The van der Waals surface area contributed by atoms with Crippen LogP contribution < -0.4 is 12.4 Å². The maximum absolute atomic E-state index is 11.0. The quantitative estimate of drug-likeness (QED) is 0.776. The molecule has 3 atom stereocenters. The molecule has 138 valence electrons. The van der Waals surface area contributed by atoms with E-state index in [0.717, 1.165) is 35.9 Å². The predicted octanol–water partition coefficient (Wildman–Crippen LogP) is 2.15. The van der Waals surface area contributed by atoms with Crippen LogP contribution in [-0.4, -0.2) is 35.3 Å². The summed E-state index contributed by atoms with van der Waals surface area (Å²) in [5.41, 5.74) is 0.455. The van der Waals surface area contributed by atoms with Crippen LogP contribution in [0.1, 0.15) is 45.6 Å². The molecule has 1 aromatic carbocycles. The van der Waals surface area contributed by atoms with Gasteiger partial charge in [0.15, 0.2) is 0 Å². The lowest BCUT2D eigenvalue weighted by atomic mass is 9.71. The molecule has 2 nitrogen and oxygen atoms in total. The molecule has 0 spiro atoms. The van der Waals surface area contributed by atoms with Gasteiger partial charge in [-0.1, -0.05) is 43.1 Å². The molecule has 1 aliphatic rings. The Labute approximate surface area is 163 Å². The average Bonchev–Trinajstić information content (AvgIpc) is 2.41. The first-order chi connectivity index (χ1) is 10.5. The Morgan fingerprint density at radius 3 is 2.46 bits per heavy atom. The molecule has 3 unspecified atom stereocenters. The zero-order valence-electron chi connectivity index (χ0n) is 15.3. The molecule has 0 amide bonds. The van der Waals surface area contributed by atoms with Gasteiger partial charge in [0.25, 0.3) is 0 Å². The highest BCUT2D eigenvalue weighted by molar-refractivity contribution is 6.35. The van der Waals surface area contributed by atoms with E-state index in [4.69, 9.17) is 23.2 Å². The maximum atomic E-state index is 11.0. The summed E-state index contributed by atoms with van der Waals surface area (Å²) in [5, 5.41) is 12.4. The van der Waals surface area contributed by atoms with E-state index in [-0.39, 0.29) is 18.4 Å². The minimum Gasteiger partial charge on any atom is -1.00 e. The third-order valence-corrected chi connectivity index (χ3v) is 6.23. The van der Waals surface area contributed by atoms with Gasteiger partial charge in [-0.15, -0.1) is 0 Å². The topological polar surface area (TPSA) is 20.2 Å². The number of aliphatic hydroxyl groups is 1. The van der Waals surface area contributed by atoms with Crippen LogP contribution in [0.25, 0.3) is 0 Å². The summed E-state index contributed by atoms with van der Waals surface area (Å²) in [6, 6.07) is 5.89. The molecule has 0 aliphatic heterocycles. The van der Waals surface area contributed by atoms with Crippen LogP contribution in [-0.2, 0) is 6.54 Å². The van der Waals surface area contributed by atoms with Crippen molar-refractivity contribution in [2.75, 3.05) is 14.1 Å². The second-order valence-electron chi connectivity index (χ2n) is 8.32. The van der Waals surface area contributed by atoms with Gasteiger partial charge in [-0.2, -0.15) is 0 Å². The first kappa shape index (κ1) is 22.1. The number of nitrogens with zero attached hydrogens (tertiary/aromatic N) is 1. The number of quaternary nitrogens is 1. The largest absolute Gasteiger partial charge is 1.00 e. The number of likely N-dealkylation sites (N-methyl/N-ethyl adjacent to an activating group) is 1. The molecule has 24 heavy (non-hydrogen) atoms. The summed E-state index contributed by atoms with van der Waals surface area (Å²) in [5.74, 6) is 1.34.